The lowest BCUT2D eigenvalue weighted by Gasteiger charge is -2.17. The molecule has 1 aromatic heterocycles. The Bertz CT molecular complexity index is 1250. The summed E-state index contributed by atoms with van der Waals surface area (Å²) in [5, 5.41) is 5.61. The maximum absolute atomic E-state index is 12.8. The van der Waals surface area contributed by atoms with Crippen LogP contribution in [0.25, 0.3) is 0 Å². The number of fused-ring (bicyclic) bond motifs is 1. The first-order chi connectivity index (χ1) is 15.8. The molecule has 0 atom stereocenters. The average Bonchev–Trinajstić information content (AvgIpc) is 3.07. The quantitative estimate of drug-likeness (QED) is 0.570. The van der Waals surface area contributed by atoms with Crippen LogP contribution >= 0.6 is 0 Å². The van der Waals surface area contributed by atoms with E-state index in [-0.39, 0.29) is 35.5 Å². The Morgan fingerprint density at radius 3 is 2.42 bits per heavy atom. The SMILES string of the molecule is CC(C)N1C(=O)c2ccc(C(=O)Nc3cccc(CNC(=O)c4cccnc4)c3)cc2C1=O. The molecule has 1 aliphatic rings. The van der Waals surface area contributed by atoms with Gasteiger partial charge in [-0.3, -0.25) is 29.1 Å². The van der Waals surface area contributed by atoms with Crippen LogP contribution in [0.5, 0.6) is 0 Å². The van der Waals surface area contributed by atoms with Crippen molar-refractivity contribution < 1.29 is 19.2 Å². The molecule has 0 radical (unpaired) electrons. The fourth-order valence-electron chi connectivity index (χ4n) is 3.61. The van der Waals surface area contributed by atoms with E-state index in [1.165, 1.54) is 29.3 Å². The lowest BCUT2D eigenvalue weighted by atomic mass is 10.1. The smallest absolute Gasteiger partial charge is 0.261 e. The van der Waals surface area contributed by atoms with E-state index in [2.05, 4.69) is 15.6 Å². The van der Waals surface area contributed by atoms with E-state index in [9.17, 15) is 19.2 Å². The number of nitrogens with zero attached hydrogens (tertiary/aromatic N) is 2. The van der Waals surface area contributed by atoms with Gasteiger partial charge < -0.3 is 10.6 Å². The molecule has 8 heteroatoms. The van der Waals surface area contributed by atoms with Crippen molar-refractivity contribution in [3.63, 3.8) is 0 Å². The van der Waals surface area contributed by atoms with Crippen LogP contribution in [-0.4, -0.2) is 39.6 Å². The summed E-state index contributed by atoms with van der Waals surface area (Å²) >= 11 is 0. The van der Waals surface area contributed by atoms with Gasteiger partial charge in [0.25, 0.3) is 23.6 Å². The fourth-order valence-corrected chi connectivity index (χ4v) is 3.61. The van der Waals surface area contributed by atoms with Crippen molar-refractivity contribution in [1.29, 1.82) is 0 Å². The molecule has 8 nitrogen and oxygen atoms in total. The van der Waals surface area contributed by atoms with Gasteiger partial charge in [-0.2, -0.15) is 0 Å². The lowest BCUT2D eigenvalue weighted by Crippen LogP contribution is -2.35. The summed E-state index contributed by atoms with van der Waals surface area (Å²) in [6.45, 7) is 3.81. The molecule has 0 unspecified atom stereocenters. The van der Waals surface area contributed by atoms with E-state index in [1.54, 1.807) is 50.4 Å². The second-order valence-electron chi connectivity index (χ2n) is 7.91. The Morgan fingerprint density at radius 1 is 0.909 bits per heavy atom. The van der Waals surface area contributed by atoms with Crippen molar-refractivity contribution in [2.24, 2.45) is 0 Å². The molecular weight excluding hydrogens is 420 g/mol. The summed E-state index contributed by atoms with van der Waals surface area (Å²) in [5.74, 6) is -1.40. The highest BCUT2D eigenvalue weighted by Crippen LogP contribution is 2.26. The number of pyridine rings is 1. The summed E-state index contributed by atoms with van der Waals surface area (Å²) in [7, 11) is 0. The van der Waals surface area contributed by atoms with Gasteiger partial charge in [0.2, 0.25) is 0 Å². The Morgan fingerprint density at radius 2 is 1.70 bits per heavy atom. The molecule has 2 aromatic carbocycles. The van der Waals surface area contributed by atoms with Gasteiger partial charge in [-0.05, 0) is 61.9 Å². The van der Waals surface area contributed by atoms with Gasteiger partial charge in [0.05, 0.1) is 16.7 Å². The second-order valence-corrected chi connectivity index (χ2v) is 7.91. The lowest BCUT2D eigenvalue weighted by molar-refractivity contribution is 0.0608. The van der Waals surface area contributed by atoms with Crippen LogP contribution < -0.4 is 10.6 Å². The monoisotopic (exact) mass is 442 g/mol. The molecule has 0 spiro atoms. The third-order valence-electron chi connectivity index (χ3n) is 5.26. The van der Waals surface area contributed by atoms with E-state index < -0.39 is 11.8 Å². The second kappa shape index (κ2) is 9.04. The number of imide groups is 1. The maximum atomic E-state index is 12.8. The van der Waals surface area contributed by atoms with Crippen molar-refractivity contribution in [3.8, 4) is 0 Å². The highest BCUT2D eigenvalue weighted by atomic mass is 16.2. The van der Waals surface area contributed by atoms with Crippen LogP contribution in [-0.2, 0) is 6.54 Å². The fraction of sp³-hybridized carbons (Fsp3) is 0.160. The molecule has 0 aliphatic carbocycles. The van der Waals surface area contributed by atoms with Crippen LogP contribution in [0.2, 0.25) is 0 Å². The Labute approximate surface area is 190 Å². The van der Waals surface area contributed by atoms with Crippen molar-refractivity contribution >= 4 is 29.3 Å². The minimum absolute atomic E-state index is 0.230. The number of hydrogen-bond acceptors (Lipinski definition) is 5. The predicted octanol–water partition coefficient (Wildman–Crippen LogP) is 3.27. The van der Waals surface area contributed by atoms with E-state index in [0.717, 1.165) is 5.56 Å². The van der Waals surface area contributed by atoms with Gasteiger partial charge in [0.15, 0.2) is 0 Å². The number of carbonyl (C=O) groups is 4. The number of anilines is 1. The zero-order valence-corrected chi connectivity index (χ0v) is 18.2. The van der Waals surface area contributed by atoms with E-state index in [0.29, 0.717) is 16.8 Å². The van der Waals surface area contributed by atoms with Crippen molar-refractivity contribution in [2.45, 2.75) is 26.4 Å². The van der Waals surface area contributed by atoms with Gasteiger partial charge in [-0.25, -0.2) is 0 Å². The zero-order chi connectivity index (χ0) is 23.5. The van der Waals surface area contributed by atoms with Crippen LogP contribution in [0.15, 0.2) is 67.0 Å². The Balaban J connectivity index is 1.44. The Kier molecular flexibility index (Phi) is 5.99. The standard InChI is InChI=1S/C25H22N4O4/c1-15(2)29-24(32)20-9-8-17(12-21(20)25(29)33)23(31)28-19-7-3-5-16(11-19)13-27-22(30)18-6-4-10-26-14-18/h3-12,14-15H,13H2,1-2H3,(H,27,30)(H,28,31). The van der Waals surface area contributed by atoms with Crippen molar-refractivity contribution in [3.05, 3.63) is 94.8 Å². The number of nitrogens with one attached hydrogen (secondary N) is 2. The van der Waals surface area contributed by atoms with Gasteiger partial charge in [0, 0.05) is 36.2 Å². The van der Waals surface area contributed by atoms with Gasteiger partial charge in [0.1, 0.15) is 0 Å². The molecular formula is C25H22N4O4. The third-order valence-corrected chi connectivity index (χ3v) is 5.26. The largest absolute Gasteiger partial charge is 0.348 e. The molecule has 3 aromatic rings. The number of hydrogen-bond donors (Lipinski definition) is 2. The number of amides is 4. The topological polar surface area (TPSA) is 108 Å². The van der Waals surface area contributed by atoms with Crippen molar-refractivity contribution in [2.75, 3.05) is 5.32 Å². The summed E-state index contributed by atoms with van der Waals surface area (Å²) in [5.41, 5.74) is 2.61. The molecule has 0 bridgehead atoms. The summed E-state index contributed by atoms with van der Waals surface area (Å²) in [6, 6.07) is 14.7. The van der Waals surface area contributed by atoms with E-state index in [1.807, 2.05) is 6.07 Å². The van der Waals surface area contributed by atoms with Gasteiger partial charge in [-0.15, -0.1) is 0 Å². The molecule has 4 amide bonds. The molecule has 1 aliphatic heterocycles. The van der Waals surface area contributed by atoms with E-state index >= 15 is 0 Å². The van der Waals surface area contributed by atoms with Crippen LogP contribution in [0.1, 0.15) is 60.8 Å². The molecule has 166 valence electrons. The highest BCUT2D eigenvalue weighted by molar-refractivity contribution is 6.22. The Hall–Kier alpha value is -4.33. The first-order valence-corrected chi connectivity index (χ1v) is 10.5. The minimum Gasteiger partial charge on any atom is -0.348 e. The van der Waals surface area contributed by atoms with Crippen LogP contribution in [0.4, 0.5) is 5.69 Å². The summed E-state index contributed by atoms with van der Waals surface area (Å²) < 4.78 is 0. The van der Waals surface area contributed by atoms with Crippen molar-refractivity contribution in [1.82, 2.24) is 15.2 Å². The number of aromatic nitrogens is 1. The minimum atomic E-state index is -0.405. The van der Waals surface area contributed by atoms with Crippen LogP contribution in [0.3, 0.4) is 0 Å². The molecule has 2 heterocycles. The number of benzene rings is 2. The van der Waals surface area contributed by atoms with Gasteiger partial charge >= 0.3 is 0 Å². The summed E-state index contributed by atoms with van der Waals surface area (Å²) in [4.78, 5) is 55.1. The molecule has 0 saturated heterocycles. The van der Waals surface area contributed by atoms with Crippen LogP contribution in [0, 0.1) is 0 Å². The number of rotatable bonds is 6. The number of carbonyl (C=O) groups excluding carboxylic acids is 4. The molecule has 0 saturated carbocycles. The predicted molar refractivity (Wildman–Crippen MR) is 122 cm³/mol. The van der Waals surface area contributed by atoms with Gasteiger partial charge in [-0.1, -0.05) is 12.1 Å². The molecule has 2 N–H and O–H groups in total. The maximum Gasteiger partial charge on any atom is 0.261 e. The third kappa shape index (κ3) is 4.50. The highest BCUT2D eigenvalue weighted by Gasteiger charge is 2.37. The molecule has 0 fully saturated rings. The summed E-state index contributed by atoms with van der Waals surface area (Å²) in [6.07, 6.45) is 3.08. The normalized spacial score (nSPS) is 12.6. The molecule has 33 heavy (non-hydrogen) atoms. The van der Waals surface area contributed by atoms with E-state index in [4.69, 9.17) is 0 Å². The average molecular weight is 442 g/mol. The zero-order valence-electron chi connectivity index (χ0n) is 18.2. The first-order valence-electron chi connectivity index (χ1n) is 10.5. The first kappa shape index (κ1) is 21.9. The molecule has 4 rings (SSSR count).